The maximum absolute atomic E-state index is 12.2. The molecule has 0 aromatic carbocycles. The zero-order chi connectivity index (χ0) is 14.5. The molecule has 1 amide bonds. The summed E-state index contributed by atoms with van der Waals surface area (Å²) in [6.45, 7) is 5.28. The van der Waals surface area contributed by atoms with Crippen molar-refractivity contribution in [2.75, 3.05) is 26.2 Å². The summed E-state index contributed by atoms with van der Waals surface area (Å²) >= 11 is 1.80. The molecular weight excluding hydrogens is 284 g/mol. The largest absolute Gasteiger partial charge is 0.340 e. The predicted molar refractivity (Wildman–Crippen MR) is 83.0 cm³/mol. The number of hydrogen-bond donors (Lipinski definition) is 0. The lowest BCUT2D eigenvalue weighted by atomic mass is 10.2. The van der Waals surface area contributed by atoms with Gasteiger partial charge in [-0.25, -0.2) is 0 Å². The highest BCUT2D eigenvalue weighted by Gasteiger charge is 2.20. The van der Waals surface area contributed by atoms with Crippen molar-refractivity contribution in [2.24, 2.45) is 0 Å². The number of aromatic nitrogens is 2. The predicted octanol–water partition coefficient (Wildman–Crippen LogP) is 1.68. The molecule has 5 nitrogen and oxygen atoms in total. The van der Waals surface area contributed by atoms with Crippen LogP contribution in [0.4, 0.5) is 0 Å². The van der Waals surface area contributed by atoms with Gasteiger partial charge in [0.05, 0.1) is 0 Å². The second-order valence-electron chi connectivity index (χ2n) is 5.26. The Labute approximate surface area is 128 Å². The van der Waals surface area contributed by atoms with Crippen molar-refractivity contribution in [3.05, 3.63) is 40.8 Å². The molecule has 0 radical (unpaired) electrons. The van der Waals surface area contributed by atoms with E-state index in [9.17, 15) is 4.79 Å². The molecule has 1 saturated heterocycles. The minimum atomic E-state index is 0.237. The molecule has 3 heterocycles. The number of piperazine rings is 1. The van der Waals surface area contributed by atoms with Gasteiger partial charge < -0.3 is 4.90 Å². The van der Waals surface area contributed by atoms with Crippen LogP contribution in [0, 0.1) is 0 Å². The Bertz CT molecular complexity index is 544. The SMILES string of the molecule is O=C(CCn1cccn1)N1CCN(Cc2cccs2)CC1. The molecular formula is C15H20N4OS. The number of thiophene rings is 1. The molecule has 1 aliphatic heterocycles. The second kappa shape index (κ2) is 6.87. The number of amides is 1. The van der Waals surface area contributed by atoms with E-state index in [1.807, 2.05) is 21.8 Å². The van der Waals surface area contributed by atoms with Gasteiger partial charge >= 0.3 is 0 Å². The lowest BCUT2D eigenvalue weighted by molar-refractivity contribution is -0.133. The van der Waals surface area contributed by atoms with Crippen molar-refractivity contribution < 1.29 is 4.79 Å². The number of rotatable bonds is 5. The lowest BCUT2D eigenvalue weighted by Crippen LogP contribution is -2.48. The first-order chi connectivity index (χ1) is 10.3. The third-order valence-corrected chi connectivity index (χ3v) is 4.66. The van der Waals surface area contributed by atoms with Crippen molar-refractivity contribution in [3.63, 3.8) is 0 Å². The van der Waals surface area contributed by atoms with Gasteiger partial charge in [0.25, 0.3) is 0 Å². The highest BCUT2D eigenvalue weighted by molar-refractivity contribution is 7.09. The fourth-order valence-corrected chi connectivity index (χ4v) is 3.33. The van der Waals surface area contributed by atoms with Gasteiger partial charge in [-0.2, -0.15) is 5.10 Å². The Morgan fingerprint density at radius 2 is 2.10 bits per heavy atom. The smallest absolute Gasteiger partial charge is 0.224 e. The van der Waals surface area contributed by atoms with E-state index < -0.39 is 0 Å². The van der Waals surface area contributed by atoms with E-state index in [0.717, 1.165) is 32.7 Å². The average Bonchev–Trinajstić information content (AvgIpc) is 3.19. The van der Waals surface area contributed by atoms with Crippen LogP contribution in [-0.2, 0) is 17.9 Å². The zero-order valence-electron chi connectivity index (χ0n) is 12.0. The summed E-state index contributed by atoms with van der Waals surface area (Å²) in [5, 5.41) is 6.24. The average molecular weight is 304 g/mol. The quantitative estimate of drug-likeness (QED) is 0.844. The van der Waals surface area contributed by atoms with E-state index in [4.69, 9.17) is 0 Å². The van der Waals surface area contributed by atoms with Gasteiger partial charge in [0, 0.05) is 63.0 Å². The van der Waals surface area contributed by atoms with Crippen molar-refractivity contribution in [1.82, 2.24) is 19.6 Å². The van der Waals surface area contributed by atoms with Crippen LogP contribution in [0.25, 0.3) is 0 Å². The fraction of sp³-hybridized carbons (Fsp3) is 0.467. The molecule has 0 bridgehead atoms. The maximum Gasteiger partial charge on any atom is 0.224 e. The van der Waals surface area contributed by atoms with Crippen LogP contribution in [0.15, 0.2) is 36.0 Å². The number of aryl methyl sites for hydroxylation is 1. The summed E-state index contributed by atoms with van der Waals surface area (Å²) < 4.78 is 1.81. The normalized spacial score (nSPS) is 16.3. The standard InChI is InChI=1S/C15H20N4OS/c20-15(4-7-19-6-2-5-16-19)18-10-8-17(9-11-18)13-14-3-1-12-21-14/h1-3,5-6,12H,4,7-11,13H2. The van der Waals surface area contributed by atoms with Gasteiger partial charge in [-0.3, -0.25) is 14.4 Å². The Morgan fingerprint density at radius 3 is 2.76 bits per heavy atom. The van der Waals surface area contributed by atoms with Crippen molar-refractivity contribution >= 4 is 17.2 Å². The van der Waals surface area contributed by atoms with E-state index >= 15 is 0 Å². The van der Waals surface area contributed by atoms with Gasteiger partial charge in [0.1, 0.15) is 0 Å². The highest BCUT2D eigenvalue weighted by atomic mass is 32.1. The van der Waals surface area contributed by atoms with Crippen LogP contribution < -0.4 is 0 Å². The van der Waals surface area contributed by atoms with Gasteiger partial charge in [-0.1, -0.05) is 6.07 Å². The van der Waals surface area contributed by atoms with E-state index in [1.165, 1.54) is 4.88 Å². The summed E-state index contributed by atoms with van der Waals surface area (Å²) in [4.78, 5) is 18.0. The first kappa shape index (κ1) is 14.3. The van der Waals surface area contributed by atoms with Crippen molar-refractivity contribution in [2.45, 2.75) is 19.5 Å². The van der Waals surface area contributed by atoms with E-state index in [2.05, 4.69) is 27.5 Å². The maximum atomic E-state index is 12.2. The third kappa shape index (κ3) is 3.92. The summed E-state index contributed by atoms with van der Waals surface area (Å²) in [7, 11) is 0. The minimum Gasteiger partial charge on any atom is -0.340 e. The summed E-state index contributed by atoms with van der Waals surface area (Å²) in [6, 6.07) is 6.15. The molecule has 2 aromatic rings. The van der Waals surface area contributed by atoms with Crippen LogP contribution in [0.2, 0.25) is 0 Å². The fourth-order valence-electron chi connectivity index (χ4n) is 2.58. The molecule has 0 unspecified atom stereocenters. The van der Waals surface area contributed by atoms with Crippen molar-refractivity contribution in [1.29, 1.82) is 0 Å². The number of carbonyl (C=O) groups is 1. The molecule has 0 spiro atoms. The molecule has 112 valence electrons. The Hall–Kier alpha value is -1.66. The molecule has 0 atom stereocenters. The molecule has 3 rings (SSSR count). The molecule has 0 saturated carbocycles. The second-order valence-corrected chi connectivity index (χ2v) is 6.29. The lowest BCUT2D eigenvalue weighted by Gasteiger charge is -2.34. The summed E-state index contributed by atoms with van der Waals surface area (Å²) in [6.07, 6.45) is 4.17. The third-order valence-electron chi connectivity index (χ3n) is 3.80. The van der Waals surface area contributed by atoms with E-state index in [0.29, 0.717) is 13.0 Å². The Balaban J connectivity index is 1.41. The van der Waals surface area contributed by atoms with Gasteiger partial charge in [0.2, 0.25) is 5.91 Å². The molecule has 1 aliphatic rings. The van der Waals surface area contributed by atoms with Gasteiger partial charge in [-0.15, -0.1) is 11.3 Å². The molecule has 0 aliphatic carbocycles. The number of hydrogen-bond acceptors (Lipinski definition) is 4. The summed E-state index contributed by atoms with van der Waals surface area (Å²) in [5.74, 6) is 0.237. The van der Waals surface area contributed by atoms with Crippen LogP contribution in [0.1, 0.15) is 11.3 Å². The molecule has 1 fully saturated rings. The topological polar surface area (TPSA) is 41.4 Å². The minimum absolute atomic E-state index is 0.237. The first-order valence-electron chi connectivity index (χ1n) is 7.31. The van der Waals surface area contributed by atoms with Crippen LogP contribution in [0.3, 0.4) is 0 Å². The monoisotopic (exact) mass is 304 g/mol. The van der Waals surface area contributed by atoms with Gasteiger partial charge in [0.15, 0.2) is 0 Å². The van der Waals surface area contributed by atoms with Gasteiger partial charge in [-0.05, 0) is 17.5 Å². The number of carbonyl (C=O) groups excluding carboxylic acids is 1. The van der Waals surface area contributed by atoms with Crippen molar-refractivity contribution in [3.8, 4) is 0 Å². The van der Waals surface area contributed by atoms with Crippen LogP contribution in [-0.4, -0.2) is 51.7 Å². The highest BCUT2D eigenvalue weighted by Crippen LogP contribution is 2.13. The van der Waals surface area contributed by atoms with E-state index in [-0.39, 0.29) is 5.91 Å². The molecule has 6 heteroatoms. The first-order valence-corrected chi connectivity index (χ1v) is 8.19. The molecule has 0 N–H and O–H groups in total. The van der Waals surface area contributed by atoms with Crippen LogP contribution >= 0.6 is 11.3 Å². The van der Waals surface area contributed by atoms with Crippen LogP contribution in [0.5, 0.6) is 0 Å². The summed E-state index contributed by atoms with van der Waals surface area (Å²) in [5.41, 5.74) is 0. The Kier molecular flexibility index (Phi) is 4.67. The number of nitrogens with zero attached hydrogens (tertiary/aromatic N) is 4. The Morgan fingerprint density at radius 1 is 1.24 bits per heavy atom. The zero-order valence-corrected chi connectivity index (χ0v) is 12.8. The molecule has 2 aromatic heterocycles. The van der Waals surface area contributed by atoms with E-state index in [1.54, 1.807) is 17.5 Å². The molecule has 21 heavy (non-hydrogen) atoms.